The van der Waals surface area contributed by atoms with Gasteiger partial charge in [0.15, 0.2) is 5.13 Å². The maximum Gasteiger partial charge on any atom is 0.257 e. The van der Waals surface area contributed by atoms with Crippen LogP contribution in [0.5, 0.6) is 0 Å². The second-order valence-corrected chi connectivity index (χ2v) is 17.1. The molecule has 258 valence electrons. The Hall–Kier alpha value is -3.95. The standard InChI is InChI=1S/C35H39N5O6S3/c1-24-7-3-5-21-39(24)48(43,44)30-17-11-27(12-18-30)33(41)36-29-15-9-26(10-16-29)32-23-47-35(37-32)38-34(42)28-13-19-31(20-14-28)49(45,46)40-22-6-4-8-25(40)2/h9-20,23-25H,3-8,21-22H2,1-2H3,(H,36,41)(H,37,38,42). The first-order valence-electron chi connectivity index (χ1n) is 16.4. The molecule has 2 aliphatic heterocycles. The first-order chi connectivity index (χ1) is 23.4. The summed E-state index contributed by atoms with van der Waals surface area (Å²) < 4.78 is 55.5. The van der Waals surface area contributed by atoms with Crippen molar-refractivity contribution in [1.82, 2.24) is 13.6 Å². The van der Waals surface area contributed by atoms with Crippen LogP contribution in [0.4, 0.5) is 10.8 Å². The topological polar surface area (TPSA) is 146 Å². The highest BCUT2D eigenvalue weighted by Crippen LogP contribution is 2.29. The van der Waals surface area contributed by atoms with E-state index in [-0.39, 0.29) is 27.8 Å². The van der Waals surface area contributed by atoms with Crippen LogP contribution in [0.1, 0.15) is 73.1 Å². The third-order valence-corrected chi connectivity index (χ3v) is 13.9. The molecule has 2 atom stereocenters. The van der Waals surface area contributed by atoms with E-state index >= 15 is 0 Å². The summed E-state index contributed by atoms with van der Waals surface area (Å²) in [5.74, 6) is -0.769. The summed E-state index contributed by atoms with van der Waals surface area (Å²) in [6.07, 6.45) is 5.38. The minimum atomic E-state index is -3.63. The Balaban J connectivity index is 1.05. The van der Waals surface area contributed by atoms with Gasteiger partial charge in [0.05, 0.1) is 15.5 Å². The van der Waals surface area contributed by atoms with Crippen molar-refractivity contribution in [1.29, 1.82) is 0 Å². The van der Waals surface area contributed by atoms with E-state index in [0.29, 0.717) is 40.7 Å². The number of anilines is 2. The molecule has 0 spiro atoms. The largest absolute Gasteiger partial charge is 0.322 e. The normalized spacial score (nSPS) is 19.3. The minimum Gasteiger partial charge on any atom is -0.322 e. The Labute approximate surface area is 291 Å². The number of hydrogen-bond donors (Lipinski definition) is 2. The van der Waals surface area contributed by atoms with E-state index in [1.807, 2.05) is 13.8 Å². The number of thiazole rings is 1. The monoisotopic (exact) mass is 721 g/mol. The van der Waals surface area contributed by atoms with Gasteiger partial charge in [0.25, 0.3) is 11.8 Å². The summed E-state index contributed by atoms with van der Waals surface area (Å²) in [5.41, 5.74) is 2.61. The zero-order chi connectivity index (χ0) is 34.8. The van der Waals surface area contributed by atoms with Crippen LogP contribution >= 0.6 is 11.3 Å². The summed E-state index contributed by atoms with van der Waals surface area (Å²) in [4.78, 5) is 30.7. The number of benzene rings is 3. The first-order valence-corrected chi connectivity index (χ1v) is 20.1. The summed E-state index contributed by atoms with van der Waals surface area (Å²) in [7, 11) is -7.25. The molecule has 2 aliphatic rings. The summed E-state index contributed by atoms with van der Waals surface area (Å²) in [6.45, 7) is 4.84. The van der Waals surface area contributed by atoms with Crippen LogP contribution in [0.3, 0.4) is 0 Å². The zero-order valence-corrected chi connectivity index (χ0v) is 29.8. The molecule has 0 aliphatic carbocycles. The number of sulfonamides is 2. The van der Waals surface area contributed by atoms with Gasteiger partial charge in [-0.05, 0) is 100 Å². The van der Waals surface area contributed by atoms with Crippen LogP contribution in [0.25, 0.3) is 11.3 Å². The van der Waals surface area contributed by atoms with Gasteiger partial charge in [-0.3, -0.25) is 14.9 Å². The molecule has 3 aromatic carbocycles. The van der Waals surface area contributed by atoms with E-state index < -0.39 is 26.0 Å². The van der Waals surface area contributed by atoms with Gasteiger partial charge >= 0.3 is 0 Å². The summed E-state index contributed by atoms with van der Waals surface area (Å²) >= 11 is 1.26. The smallest absolute Gasteiger partial charge is 0.257 e. The van der Waals surface area contributed by atoms with Crippen LogP contribution in [-0.2, 0) is 20.0 Å². The lowest BCUT2D eigenvalue weighted by Crippen LogP contribution is -2.41. The van der Waals surface area contributed by atoms with Crippen molar-refractivity contribution in [3.8, 4) is 11.3 Å². The number of nitrogens with zero attached hydrogens (tertiary/aromatic N) is 3. The highest BCUT2D eigenvalue weighted by molar-refractivity contribution is 7.89. The van der Waals surface area contributed by atoms with Crippen molar-refractivity contribution in [2.75, 3.05) is 23.7 Å². The number of aromatic nitrogens is 1. The molecule has 0 bridgehead atoms. The number of carbonyl (C=O) groups excluding carboxylic acids is 2. The van der Waals surface area contributed by atoms with E-state index in [1.54, 1.807) is 29.6 Å². The highest BCUT2D eigenvalue weighted by Gasteiger charge is 2.32. The first kappa shape index (κ1) is 34.9. The molecule has 2 saturated heterocycles. The molecule has 2 N–H and O–H groups in total. The third kappa shape index (κ3) is 7.63. The van der Waals surface area contributed by atoms with Gasteiger partial charge in [-0.2, -0.15) is 8.61 Å². The molecule has 2 amide bonds. The fourth-order valence-corrected chi connectivity index (χ4v) is 10.4. The van der Waals surface area contributed by atoms with E-state index in [9.17, 15) is 26.4 Å². The molecule has 2 unspecified atom stereocenters. The van der Waals surface area contributed by atoms with Crippen LogP contribution in [0, 0.1) is 0 Å². The molecule has 3 heterocycles. The van der Waals surface area contributed by atoms with Crippen molar-refractivity contribution in [2.45, 2.75) is 74.2 Å². The van der Waals surface area contributed by atoms with Gasteiger partial charge in [-0.15, -0.1) is 11.3 Å². The SMILES string of the molecule is CC1CCCCN1S(=O)(=O)c1ccc(C(=O)Nc2ccc(-c3csc(NC(=O)c4ccc(S(=O)(=O)N5CCCCC5C)cc4)n3)cc2)cc1. The molecule has 6 rings (SSSR count). The average Bonchev–Trinajstić information content (AvgIpc) is 3.57. The summed E-state index contributed by atoms with van der Waals surface area (Å²) in [6, 6.07) is 18.9. The van der Waals surface area contributed by atoms with Crippen molar-refractivity contribution in [2.24, 2.45) is 0 Å². The van der Waals surface area contributed by atoms with Gasteiger partial charge in [0, 0.05) is 52.9 Å². The Morgan fingerprint density at radius 2 is 1.14 bits per heavy atom. The number of piperidine rings is 2. The molecule has 0 saturated carbocycles. The van der Waals surface area contributed by atoms with Crippen LogP contribution in [0.15, 0.2) is 88.0 Å². The van der Waals surface area contributed by atoms with Gasteiger partial charge in [0.2, 0.25) is 20.0 Å². The van der Waals surface area contributed by atoms with Crippen molar-refractivity contribution < 1.29 is 26.4 Å². The average molecular weight is 722 g/mol. The molecular weight excluding hydrogens is 683 g/mol. The maximum atomic E-state index is 13.1. The molecule has 4 aromatic rings. The van der Waals surface area contributed by atoms with E-state index in [0.717, 1.165) is 44.1 Å². The Kier molecular flexibility index (Phi) is 10.3. The van der Waals surface area contributed by atoms with Crippen LogP contribution in [-0.4, -0.2) is 67.4 Å². The predicted octanol–water partition coefficient (Wildman–Crippen LogP) is 6.44. The zero-order valence-electron chi connectivity index (χ0n) is 27.3. The lowest BCUT2D eigenvalue weighted by atomic mass is 10.1. The molecule has 2 fully saturated rings. The second kappa shape index (κ2) is 14.5. The number of hydrogen-bond acceptors (Lipinski definition) is 8. The highest BCUT2D eigenvalue weighted by atomic mass is 32.2. The van der Waals surface area contributed by atoms with Gasteiger partial charge in [-0.25, -0.2) is 21.8 Å². The van der Waals surface area contributed by atoms with Crippen LogP contribution in [0.2, 0.25) is 0 Å². The molecule has 0 radical (unpaired) electrons. The van der Waals surface area contributed by atoms with E-state index in [2.05, 4.69) is 15.6 Å². The van der Waals surface area contributed by atoms with Gasteiger partial charge in [-0.1, -0.05) is 25.0 Å². The third-order valence-electron chi connectivity index (χ3n) is 9.09. The number of carbonyl (C=O) groups is 2. The maximum absolute atomic E-state index is 13.1. The van der Waals surface area contributed by atoms with Crippen molar-refractivity contribution in [3.05, 3.63) is 89.3 Å². The van der Waals surface area contributed by atoms with E-state index in [1.165, 1.54) is 68.5 Å². The van der Waals surface area contributed by atoms with Crippen molar-refractivity contribution in [3.63, 3.8) is 0 Å². The fourth-order valence-electron chi connectivity index (χ4n) is 6.25. The lowest BCUT2D eigenvalue weighted by molar-refractivity contribution is 0.101. The molecule has 11 nitrogen and oxygen atoms in total. The summed E-state index contributed by atoms with van der Waals surface area (Å²) in [5, 5.41) is 7.80. The lowest BCUT2D eigenvalue weighted by Gasteiger charge is -2.32. The quantitative estimate of drug-likeness (QED) is 0.202. The number of amides is 2. The Morgan fingerprint density at radius 1 is 0.673 bits per heavy atom. The van der Waals surface area contributed by atoms with Gasteiger partial charge in [0.1, 0.15) is 0 Å². The number of nitrogens with one attached hydrogen (secondary N) is 2. The molecule has 1 aromatic heterocycles. The molecule has 49 heavy (non-hydrogen) atoms. The van der Waals surface area contributed by atoms with Crippen LogP contribution < -0.4 is 10.6 Å². The number of rotatable bonds is 9. The Bertz CT molecular complexity index is 2030. The Morgan fingerprint density at radius 3 is 1.61 bits per heavy atom. The fraction of sp³-hybridized carbons (Fsp3) is 0.343. The predicted molar refractivity (Wildman–Crippen MR) is 191 cm³/mol. The second-order valence-electron chi connectivity index (χ2n) is 12.5. The molecule has 14 heteroatoms. The molecular formula is C35H39N5O6S3. The van der Waals surface area contributed by atoms with Gasteiger partial charge < -0.3 is 5.32 Å². The van der Waals surface area contributed by atoms with E-state index in [4.69, 9.17) is 0 Å². The van der Waals surface area contributed by atoms with Crippen molar-refractivity contribution >= 4 is 54.0 Å². The minimum absolute atomic E-state index is 0.0504.